The molecular formula is C26H26N12O4. The fourth-order valence-electron chi connectivity index (χ4n) is 3.54. The molecular weight excluding hydrogens is 544 g/mol. The van der Waals surface area contributed by atoms with Crippen molar-refractivity contribution in [3.63, 3.8) is 0 Å². The number of nitrogens with two attached hydrogens (primary N) is 2. The van der Waals surface area contributed by atoms with Crippen LogP contribution in [0.15, 0.2) is 88.2 Å². The standard InChI is InChI=1S/C13H12N6O2.C9H9NO.C4H5N5O/c1-8(9-5-3-2-4-6-9)19-13(21)18-7-15-10(11(14)20)12(18)16-17-19;1-8(10-7-11)9-5-3-2-4-6-9;5-3(10)2-4(9-6)8-1-7-2/h2-8H,1H3,(H2,14,20);2-6,8H,1H3;1,6H,(H2,5,10)(H,7,8)/t2*8-;/m11./s1. The molecule has 0 saturated heterocycles. The van der Waals surface area contributed by atoms with Crippen LogP contribution in [0.25, 0.3) is 5.65 Å². The van der Waals surface area contributed by atoms with Crippen molar-refractivity contribution in [2.45, 2.75) is 25.9 Å². The largest absolute Gasteiger partial charge is 0.364 e. The Balaban J connectivity index is 0.000000194. The van der Waals surface area contributed by atoms with E-state index in [0.717, 1.165) is 15.5 Å². The molecule has 2 aromatic carbocycles. The highest BCUT2D eigenvalue weighted by Gasteiger charge is 2.18. The van der Waals surface area contributed by atoms with Gasteiger partial charge in [0.25, 0.3) is 11.8 Å². The summed E-state index contributed by atoms with van der Waals surface area (Å²) in [6.07, 6.45) is 4.02. The Hall–Kier alpha value is -6.15. The number of hydrogen-bond donors (Lipinski definition) is 4. The van der Waals surface area contributed by atoms with Crippen molar-refractivity contribution < 1.29 is 14.4 Å². The van der Waals surface area contributed by atoms with Crippen LogP contribution >= 0.6 is 0 Å². The first kappa shape index (κ1) is 30.4. The highest BCUT2D eigenvalue weighted by atomic mass is 16.2. The molecule has 5 aromatic rings. The summed E-state index contributed by atoms with van der Waals surface area (Å²) in [5.41, 5.74) is 18.2. The lowest BCUT2D eigenvalue weighted by atomic mass is 10.1. The number of H-pyrrole nitrogens is 1. The van der Waals surface area contributed by atoms with E-state index < -0.39 is 17.5 Å². The average Bonchev–Trinajstić information content (AvgIpc) is 3.67. The summed E-state index contributed by atoms with van der Waals surface area (Å²) in [6, 6.07) is 18.7. The van der Waals surface area contributed by atoms with Crippen molar-refractivity contribution in [1.82, 2.24) is 34.3 Å². The second-order valence-corrected chi connectivity index (χ2v) is 8.44. The molecule has 42 heavy (non-hydrogen) atoms. The summed E-state index contributed by atoms with van der Waals surface area (Å²) >= 11 is 0. The van der Waals surface area contributed by atoms with Crippen molar-refractivity contribution in [2.24, 2.45) is 21.6 Å². The van der Waals surface area contributed by atoms with Crippen molar-refractivity contribution in [3.8, 4) is 0 Å². The van der Waals surface area contributed by atoms with Crippen LogP contribution in [-0.4, -0.2) is 52.2 Å². The number of amides is 2. The van der Waals surface area contributed by atoms with Gasteiger partial charge in [-0.3, -0.25) is 9.59 Å². The third kappa shape index (κ3) is 7.28. The Morgan fingerprint density at radius 2 is 1.60 bits per heavy atom. The predicted molar refractivity (Wildman–Crippen MR) is 149 cm³/mol. The molecule has 0 unspecified atom stereocenters. The zero-order valence-electron chi connectivity index (χ0n) is 22.4. The van der Waals surface area contributed by atoms with Crippen LogP contribution < -0.4 is 17.2 Å². The number of rotatable bonds is 7. The van der Waals surface area contributed by atoms with Crippen molar-refractivity contribution in [3.05, 3.63) is 106 Å². The molecule has 0 aliphatic carbocycles. The number of hydrogen-bond acceptors (Lipinski definition) is 11. The molecule has 0 radical (unpaired) electrons. The molecule has 0 fully saturated rings. The molecule has 0 spiro atoms. The number of aromatic amines is 1. The van der Waals surface area contributed by atoms with Crippen LogP contribution in [0.1, 0.15) is 58.0 Å². The van der Waals surface area contributed by atoms with Gasteiger partial charge in [0.2, 0.25) is 11.9 Å². The lowest BCUT2D eigenvalue weighted by Gasteiger charge is -2.12. The average molecular weight is 571 g/mol. The predicted octanol–water partition coefficient (Wildman–Crippen LogP) is 2.25. The quantitative estimate of drug-likeness (QED) is 0.128. The summed E-state index contributed by atoms with van der Waals surface area (Å²) in [5.74, 6) is -1.39. The minimum Gasteiger partial charge on any atom is -0.364 e. The maximum absolute atomic E-state index is 12.4. The summed E-state index contributed by atoms with van der Waals surface area (Å²) in [7, 11) is 0. The van der Waals surface area contributed by atoms with E-state index in [0.29, 0.717) is 0 Å². The topological polar surface area (TPSA) is 246 Å². The summed E-state index contributed by atoms with van der Waals surface area (Å²) in [5, 5.41) is 10.7. The second-order valence-electron chi connectivity index (χ2n) is 8.44. The Kier molecular flexibility index (Phi) is 10.3. The van der Waals surface area contributed by atoms with E-state index in [9.17, 15) is 19.2 Å². The van der Waals surface area contributed by atoms with Crippen molar-refractivity contribution in [2.75, 3.05) is 0 Å². The number of aliphatic imine (C=N–C) groups is 1. The van der Waals surface area contributed by atoms with E-state index in [1.807, 2.05) is 74.5 Å². The van der Waals surface area contributed by atoms with Crippen LogP contribution in [-0.2, 0) is 4.79 Å². The number of benzene rings is 2. The van der Waals surface area contributed by atoms with Gasteiger partial charge in [0, 0.05) is 0 Å². The molecule has 5 rings (SSSR count). The van der Waals surface area contributed by atoms with E-state index in [2.05, 4.69) is 35.4 Å². The van der Waals surface area contributed by atoms with Gasteiger partial charge in [-0.15, -0.1) is 10.2 Å². The van der Waals surface area contributed by atoms with E-state index in [4.69, 9.17) is 17.0 Å². The number of aromatic nitrogens is 7. The van der Waals surface area contributed by atoms with E-state index >= 15 is 0 Å². The van der Waals surface area contributed by atoms with Gasteiger partial charge in [-0.25, -0.2) is 29.5 Å². The lowest BCUT2D eigenvalue weighted by Crippen LogP contribution is -2.32. The third-order valence-corrected chi connectivity index (χ3v) is 5.76. The Morgan fingerprint density at radius 3 is 2.12 bits per heavy atom. The SMILES string of the molecule is C[C@@H](N=C=O)c1ccccc1.C[C@H](c1ccccc1)n1nnc2c(C(N)=O)ncn2c1=O.N=Nc1nc[nH]c1C(N)=O. The molecule has 3 aromatic heterocycles. The number of isocyanates is 1. The van der Waals surface area contributed by atoms with E-state index in [1.165, 1.54) is 17.3 Å². The molecule has 0 bridgehead atoms. The normalized spacial score (nSPS) is 11.5. The van der Waals surface area contributed by atoms with E-state index in [1.54, 1.807) is 6.08 Å². The number of fused-ring (bicyclic) bond motifs is 1. The first-order valence-electron chi connectivity index (χ1n) is 12.2. The maximum atomic E-state index is 12.4. The Morgan fingerprint density at radius 1 is 0.976 bits per heavy atom. The second kappa shape index (κ2) is 14.3. The number of carbonyl (C=O) groups excluding carboxylic acids is 3. The number of carbonyl (C=O) groups is 2. The fraction of sp³-hybridized carbons (Fsp3) is 0.154. The molecule has 214 valence electrons. The Bertz CT molecular complexity index is 1770. The van der Waals surface area contributed by atoms with Gasteiger partial charge in [0.1, 0.15) is 6.33 Å². The zero-order valence-corrected chi connectivity index (χ0v) is 22.4. The third-order valence-electron chi connectivity index (χ3n) is 5.76. The number of primary amides is 2. The monoisotopic (exact) mass is 570 g/mol. The minimum absolute atomic E-state index is 0.0208. The van der Waals surface area contributed by atoms with Crippen molar-refractivity contribution in [1.29, 1.82) is 5.53 Å². The molecule has 6 N–H and O–H groups in total. The van der Waals surface area contributed by atoms with Crippen LogP contribution in [0, 0.1) is 5.53 Å². The number of imidazole rings is 2. The van der Waals surface area contributed by atoms with Gasteiger partial charge in [-0.2, -0.15) is 9.67 Å². The molecule has 16 nitrogen and oxygen atoms in total. The molecule has 0 aliphatic heterocycles. The first-order chi connectivity index (χ1) is 20.2. The van der Waals surface area contributed by atoms with E-state index in [-0.39, 0.29) is 34.9 Å². The van der Waals surface area contributed by atoms with Crippen LogP contribution in [0.4, 0.5) is 5.82 Å². The molecule has 2 atom stereocenters. The van der Waals surface area contributed by atoms with Crippen LogP contribution in [0.3, 0.4) is 0 Å². The maximum Gasteiger partial charge on any atom is 0.353 e. The summed E-state index contributed by atoms with van der Waals surface area (Å²) in [4.78, 5) is 57.3. The zero-order chi connectivity index (χ0) is 30.6. The van der Waals surface area contributed by atoms with Crippen LogP contribution in [0.2, 0.25) is 0 Å². The lowest BCUT2D eigenvalue weighted by molar-refractivity contribution is 0.0988. The summed E-state index contributed by atoms with van der Waals surface area (Å²) in [6.45, 7) is 3.70. The Labute approximate surface area is 237 Å². The van der Waals surface area contributed by atoms with Crippen LogP contribution in [0.5, 0.6) is 0 Å². The van der Waals surface area contributed by atoms with Gasteiger partial charge < -0.3 is 16.5 Å². The van der Waals surface area contributed by atoms with Gasteiger partial charge in [0.05, 0.1) is 18.4 Å². The number of nitrogens with one attached hydrogen (secondary N) is 2. The van der Waals surface area contributed by atoms with Gasteiger partial charge in [-0.05, 0) is 25.0 Å². The minimum atomic E-state index is -0.750. The van der Waals surface area contributed by atoms with Gasteiger partial charge in [0.15, 0.2) is 17.0 Å². The fourth-order valence-corrected chi connectivity index (χ4v) is 3.54. The van der Waals surface area contributed by atoms with Gasteiger partial charge in [-0.1, -0.05) is 65.9 Å². The molecule has 0 aliphatic rings. The molecule has 16 heteroatoms. The highest BCUT2D eigenvalue weighted by molar-refractivity contribution is 5.96. The highest BCUT2D eigenvalue weighted by Crippen LogP contribution is 2.15. The first-order valence-corrected chi connectivity index (χ1v) is 12.2. The molecule has 0 saturated carbocycles. The summed E-state index contributed by atoms with van der Waals surface area (Å²) < 4.78 is 2.39. The molecule has 3 heterocycles. The van der Waals surface area contributed by atoms with Crippen molar-refractivity contribution >= 4 is 29.4 Å². The smallest absolute Gasteiger partial charge is 0.353 e. The number of nitrogens with zero attached hydrogens (tertiary/aromatic N) is 8. The molecule has 2 amide bonds. The van der Waals surface area contributed by atoms with Gasteiger partial charge >= 0.3 is 5.69 Å².